The van der Waals surface area contributed by atoms with Crippen LogP contribution in [0.5, 0.6) is 0 Å². The first kappa shape index (κ1) is 13.6. The van der Waals surface area contributed by atoms with Gasteiger partial charge in [-0.05, 0) is 24.6 Å². The second-order valence-electron chi connectivity index (χ2n) is 4.12. The summed E-state index contributed by atoms with van der Waals surface area (Å²) in [4.78, 5) is 13.3. The van der Waals surface area contributed by atoms with Gasteiger partial charge in [0, 0.05) is 16.6 Å². The summed E-state index contributed by atoms with van der Waals surface area (Å²) in [6.07, 6.45) is 5.49. The lowest BCUT2D eigenvalue weighted by atomic mass is 9.93. The van der Waals surface area contributed by atoms with Gasteiger partial charge in [0.2, 0.25) is 0 Å². The lowest BCUT2D eigenvalue weighted by Crippen LogP contribution is -2.37. The average Bonchev–Trinajstić information content (AvgIpc) is 2.83. The molecule has 0 aliphatic carbocycles. The number of hydrogen-bond donors (Lipinski definition) is 0. The number of carbonyl (C=O) groups excluding carboxylic acids is 1. The van der Waals surface area contributed by atoms with Crippen LogP contribution in [0.1, 0.15) is 18.4 Å². The molecular formula is C14H13BrN2O2. The average molecular weight is 321 g/mol. The van der Waals surface area contributed by atoms with E-state index in [4.69, 9.17) is 10.00 Å². The lowest BCUT2D eigenvalue weighted by Gasteiger charge is -2.22. The Morgan fingerprint density at radius 1 is 1.47 bits per heavy atom. The molecule has 0 spiro atoms. The van der Waals surface area contributed by atoms with Crippen molar-refractivity contribution in [2.75, 3.05) is 6.61 Å². The van der Waals surface area contributed by atoms with Gasteiger partial charge in [-0.15, -0.1) is 0 Å². The molecule has 0 N–H and O–H groups in total. The van der Waals surface area contributed by atoms with Crippen LogP contribution < -0.4 is 0 Å². The van der Waals surface area contributed by atoms with E-state index in [2.05, 4.69) is 15.9 Å². The third-order valence-electron chi connectivity index (χ3n) is 2.99. The molecule has 0 saturated carbocycles. The molecular weight excluding hydrogens is 308 g/mol. The number of benzene rings is 1. The van der Waals surface area contributed by atoms with Crippen LogP contribution in [-0.4, -0.2) is 23.5 Å². The fraction of sp³-hybridized carbons (Fsp3) is 0.286. The predicted molar refractivity (Wildman–Crippen MR) is 73.9 cm³/mol. The van der Waals surface area contributed by atoms with Crippen molar-refractivity contribution >= 4 is 21.9 Å². The molecule has 2 rings (SSSR count). The number of hydrogen-bond acceptors (Lipinski definition) is 4. The molecule has 5 heteroatoms. The Morgan fingerprint density at radius 2 is 2.16 bits per heavy atom. The molecule has 19 heavy (non-hydrogen) atoms. The molecule has 1 aliphatic heterocycles. The first-order valence-electron chi connectivity index (χ1n) is 5.96. The highest BCUT2D eigenvalue weighted by atomic mass is 79.9. The Bertz CT molecular complexity index is 533. The van der Waals surface area contributed by atoms with Gasteiger partial charge in [-0.2, -0.15) is 5.26 Å². The number of halogens is 1. The number of esters is 1. The third-order valence-corrected chi connectivity index (χ3v) is 3.52. The van der Waals surface area contributed by atoms with Gasteiger partial charge in [0.05, 0.1) is 6.61 Å². The number of ether oxygens (including phenoxy) is 1. The molecule has 2 atom stereocenters. The Balaban J connectivity index is 2.28. The number of nitriles is 1. The number of carbonyl (C=O) groups is 1. The van der Waals surface area contributed by atoms with Crippen molar-refractivity contribution in [3.05, 3.63) is 46.6 Å². The molecule has 1 heterocycles. The van der Waals surface area contributed by atoms with Gasteiger partial charge in [-0.25, -0.2) is 4.79 Å². The summed E-state index contributed by atoms with van der Waals surface area (Å²) in [5.41, 5.74) is 0.982. The minimum atomic E-state index is -0.605. The molecule has 0 amide bonds. The van der Waals surface area contributed by atoms with Crippen LogP contribution in [0.2, 0.25) is 0 Å². The van der Waals surface area contributed by atoms with Crippen molar-refractivity contribution in [3.8, 4) is 6.19 Å². The summed E-state index contributed by atoms with van der Waals surface area (Å²) in [5, 5.41) is 9.07. The van der Waals surface area contributed by atoms with Gasteiger partial charge in [0.25, 0.3) is 0 Å². The molecule has 1 aromatic rings. The third kappa shape index (κ3) is 2.79. The zero-order valence-electron chi connectivity index (χ0n) is 10.4. The molecule has 0 bridgehead atoms. The Hall–Kier alpha value is -1.80. The number of nitrogens with zero attached hydrogens (tertiary/aromatic N) is 2. The first-order chi connectivity index (χ1) is 9.17. The summed E-state index contributed by atoms with van der Waals surface area (Å²) in [5.74, 6) is -0.534. The minimum Gasteiger partial charge on any atom is -0.464 e. The van der Waals surface area contributed by atoms with Crippen LogP contribution in [0.25, 0.3) is 0 Å². The van der Waals surface area contributed by atoms with Crippen LogP contribution in [0.3, 0.4) is 0 Å². The minimum absolute atomic E-state index is 0.160. The van der Waals surface area contributed by atoms with Crippen LogP contribution in [0.4, 0.5) is 0 Å². The summed E-state index contributed by atoms with van der Waals surface area (Å²) < 4.78 is 6.03. The molecule has 1 aromatic carbocycles. The van der Waals surface area contributed by atoms with Crippen molar-refractivity contribution in [1.29, 1.82) is 5.26 Å². The van der Waals surface area contributed by atoms with Crippen molar-refractivity contribution in [2.24, 2.45) is 0 Å². The van der Waals surface area contributed by atoms with E-state index in [1.165, 1.54) is 4.90 Å². The maximum atomic E-state index is 12.0. The Labute approximate surface area is 120 Å². The van der Waals surface area contributed by atoms with E-state index in [1.807, 2.05) is 36.5 Å². The zero-order valence-corrected chi connectivity index (χ0v) is 12.0. The highest BCUT2D eigenvalue weighted by Crippen LogP contribution is 2.32. The molecule has 0 saturated heterocycles. The van der Waals surface area contributed by atoms with Gasteiger partial charge in [0.1, 0.15) is 0 Å². The van der Waals surface area contributed by atoms with E-state index in [-0.39, 0.29) is 11.9 Å². The van der Waals surface area contributed by atoms with Crippen LogP contribution in [0, 0.1) is 11.5 Å². The monoisotopic (exact) mass is 320 g/mol. The van der Waals surface area contributed by atoms with Gasteiger partial charge in [0.15, 0.2) is 12.2 Å². The van der Waals surface area contributed by atoms with E-state index in [1.54, 1.807) is 13.1 Å². The van der Waals surface area contributed by atoms with Crippen LogP contribution >= 0.6 is 15.9 Å². The zero-order chi connectivity index (χ0) is 13.8. The summed E-state index contributed by atoms with van der Waals surface area (Å²) in [6.45, 7) is 2.06. The fourth-order valence-corrected chi connectivity index (χ4v) is 2.38. The van der Waals surface area contributed by atoms with Crippen molar-refractivity contribution in [1.82, 2.24) is 4.90 Å². The lowest BCUT2D eigenvalue weighted by molar-refractivity contribution is -0.147. The molecule has 0 radical (unpaired) electrons. The second kappa shape index (κ2) is 5.89. The van der Waals surface area contributed by atoms with Crippen LogP contribution in [-0.2, 0) is 9.53 Å². The molecule has 4 nitrogen and oxygen atoms in total. The smallest absolute Gasteiger partial charge is 0.330 e. The predicted octanol–water partition coefficient (Wildman–Crippen LogP) is 2.77. The van der Waals surface area contributed by atoms with E-state index in [9.17, 15) is 4.79 Å². The van der Waals surface area contributed by atoms with E-state index in [0.29, 0.717) is 6.61 Å². The normalized spacial score (nSPS) is 21.2. The largest absolute Gasteiger partial charge is 0.464 e. The first-order valence-corrected chi connectivity index (χ1v) is 6.75. The Morgan fingerprint density at radius 3 is 2.74 bits per heavy atom. The highest BCUT2D eigenvalue weighted by Gasteiger charge is 2.37. The maximum Gasteiger partial charge on any atom is 0.330 e. The van der Waals surface area contributed by atoms with Crippen molar-refractivity contribution in [2.45, 2.75) is 18.9 Å². The standard InChI is InChI=1S/C14H13BrN2O2/c1-2-19-14(18)13-12(7-8-17(13)9-16)10-3-5-11(15)6-4-10/h3-8,12-13H,2H2,1H3. The van der Waals surface area contributed by atoms with E-state index < -0.39 is 6.04 Å². The van der Waals surface area contributed by atoms with Gasteiger partial charge in [-0.3, -0.25) is 4.90 Å². The maximum absolute atomic E-state index is 12.0. The summed E-state index contributed by atoms with van der Waals surface area (Å²) >= 11 is 3.38. The van der Waals surface area contributed by atoms with Crippen LogP contribution in [0.15, 0.2) is 41.0 Å². The van der Waals surface area contributed by atoms with Gasteiger partial charge in [-0.1, -0.05) is 34.1 Å². The van der Waals surface area contributed by atoms with Crippen molar-refractivity contribution in [3.63, 3.8) is 0 Å². The highest BCUT2D eigenvalue weighted by molar-refractivity contribution is 9.10. The molecule has 2 unspecified atom stereocenters. The molecule has 98 valence electrons. The summed E-state index contributed by atoms with van der Waals surface area (Å²) in [6, 6.07) is 7.10. The van der Waals surface area contributed by atoms with Crippen molar-refractivity contribution < 1.29 is 9.53 Å². The molecule has 0 fully saturated rings. The number of rotatable bonds is 3. The second-order valence-corrected chi connectivity index (χ2v) is 5.04. The van der Waals surface area contributed by atoms with E-state index >= 15 is 0 Å². The fourth-order valence-electron chi connectivity index (χ4n) is 2.12. The van der Waals surface area contributed by atoms with E-state index in [0.717, 1.165) is 10.0 Å². The summed E-state index contributed by atoms with van der Waals surface area (Å²) in [7, 11) is 0. The quantitative estimate of drug-likeness (QED) is 0.634. The van der Waals surface area contributed by atoms with Gasteiger partial charge >= 0.3 is 5.97 Å². The SMILES string of the molecule is CCOC(=O)C1C(c2ccc(Br)cc2)C=CN1C#N. The molecule has 1 aliphatic rings. The molecule has 0 aromatic heterocycles. The van der Waals surface area contributed by atoms with Gasteiger partial charge < -0.3 is 4.74 Å². The topological polar surface area (TPSA) is 53.3 Å². The Kier molecular flexibility index (Phi) is 4.23.